The average Bonchev–Trinajstić information content (AvgIpc) is 2.87. The van der Waals surface area contributed by atoms with Crippen LogP contribution in [0.15, 0.2) is 18.2 Å². The lowest BCUT2D eigenvalue weighted by molar-refractivity contribution is 0.112. The van der Waals surface area contributed by atoms with Gasteiger partial charge in [-0.25, -0.2) is 0 Å². The molecule has 1 fully saturated rings. The van der Waals surface area contributed by atoms with Crippen LogP contribution in [-0.4, -0.2) is 22.1 Å². The molecule has 1 aliphatic rings. The Morgan fingerprint density at radius 1 is 1.43 bits per heavy atom. The first-order valence-electron chi connectivity index (χ1n) is 4.62. The Balaban J connectivity index is 2.27. The Morgan fingerprint density at radius 3 is 2.71 bits per heavy atom. The first kappa shape index (κ1) is 9.21. The number of rotatable bonds is 3. The van der Waals surface area contributed by atoms with Gasteiger partial charge in [0.25, 0.3) is 0 Å². The minimum absolute atomic E-state index is 0.0821. The lowest BCUT2D eigenvalue weighted by atomic mass is 10.0. The van der Waals surface area contributed by atoms with Gasteiger partial charge < -0.3 is 10.2 Å². The van der Waals surface area contributed by atoms with E-state index in [2.05, 4.69) is 0 Å². The van der Waals surface area contributed by atoms with E-state index in [4.69, 9.17) is 5.11 Å². The SMILES string of the molecule is O=Cc1cc(O)ccc1CC1(O)CC1. The van der Waals surface area contributed by atoms with E-state index in [1.54, 1.807) is 6.07 Å². The molecule has 0 spiro atoms. The maximum Gasteiger partial charge on any atom is 0.150 e. The number of aromatic hydroxyl groups is 1. The summed E-state index contributed by atoms with van der Waals surface area (Å²) in [6.45, 7) is 0. The summed E-state index contributed by atoms with van der Waals surface area (Å²) >= 11 is 0. The largest absolute Gasteiger partial charge is 0.508 e. The van der Waals surface area contributed by atoms with Crippen molar-refractivity contribution < 1.29 is 15.0 Å². The third-order valence-corrected chi connectivity index (χ3v) is 2.60. The smallest absolute Gasteiger partial charge is 0.150 e. The van der Waals surface area contributed by atoms with Crippen molar-refractivity contribution in [3.63, 3.8) is 0 Å². The highest BCUT2D eigenvalue weighted by Gasteiger charge is 2.40. The van der Waals surface area contributed by atoms with E-state index in [0.29, 0.717) is 18.3 Å². The molecule has 0 heterocycles. The highest BCUT2D eigenvalue weighted by atomic mass is 16.3. The van der Waals surface area contributed by atoms with E-state index in [1.807, 2.05) is 0 Å². The Morgan fingerprint density at radius 2 is 2.14 bits per heavy atom. The fraction of sp³-hybridized carbons (Fsp3) is 0.364. The number of carbonyl (C=O) groups is 1. The summed E-state index contributed by atoms with van der Waals surface area (Å²) in [5.74, 6) is 0.0821. The molecule has 0 atom stereocenters. The molecule has 0 bridgehead atoms. The van der Waals surface area contributed by atoms with Crippen LogP contribution in [0.2, 0.25) is 0 Å². The summed E-state index contributed by atoms with van der Waals surface area (Å²) in [6, 6.07) is 4.65. The zero-order chi connectivity index (χ0) is 10.2. The molecular weight excluding hydrogens is 180 g/mol. The number of benzene rings is 1. The predicted octanol–water partition coefficient (Wildman–Crippen LogP) is 1.27. The van der Waals surface area contributed by atoms with Gasteiger partial charge in [-0.05, 0) is 30.5 Å². The lowest BCUT2D eigenvalue weighted by Gasteiger charge is -2.09. The van der Waals surface area contributed by atoms with Gasteiger partial charge in [0, 0.05) is 12.0 Å². The normalized spacial score (nSPS) is 17.8. The minimum atomic E-state index is -0.602. The molecule has 0 radical (unpaired) electrons. The van der Waals surface area contributed by atoms with Gasteiger partial charge in [0.15, 0.2) is 0 Å². The molecule has 1 aromatic rings. The van der Waals surface area contributed by atoms with Gasteiger partial charge in [0.1, 0.15) is 12.0 Å². The summed E-state index contributed by atoms with van der Waals surface area (Å²) < 4.78 is 0. The third kappa shape index (κ3) is 1.77. The number of phenolic OH excluding ortho intramolecular Hbond substituents is 1. The van der Waals surface area contributed by atoms with Crippen molar-refractivity contribution in [2.45, 2.75) is 24.9 Å². The quantitative estimate of drug-likeness (QED) is 0.709. The average molecular weight is 192 g/mol. The summed E-state index contributed by atoms with van der Waals surface area (Å²) in [5.41, 5.74) is 0.664. The van der Waals surface area contributed by atoms with Gasteiger partial charge in [0.2, 0.25) is 0 Å². The molecule has 3 heteroatoms. The van der Waals surface area contributed by atoms with Crippen LogP contribution in [0.1, 0.15) is 28.8 Å². The summed E-state index contributed by atoms with van der Waals surface area (Å²) in [5, 5.41) is 18.9. The number of hydrogen-bond donors (Lipinski definition) is 2. The number of phenols is 1. The second kappa shape index (κ2) is 3.10. The highest BCUT2D eigenvalue weighted by molar-refractivity contribution is 5.78. The van der Waals surface area contributed by atoms with Gasteiger partial charge in [-0.1, -0.05) is 6.07 Å². The van der Waals surface area contributed by atoms with Crippen molar-refractivity contribution in [2.24, 2.45) is 0 Å². The fourth-order valence-electron chi connectivity index (χ4n) is 1.53. The van der Waals surface area contributed by atoms with Crippen molar-refractivity contribution in [1.29, 1.82) is 0 Å². The van der Waals surface area contributed by atoms with Gasteiger partial charge >= 0.3 is 0 Å². The van der Waals surface area contributed by atoms with Crippen LogP contribution < -0.4 is 0 Å². The lowest BCUT2D eigenvalue weighted by Crippen LogP contribution is -2.12. The number of hydrogen-bond acceptors (Lipinski definition) is 3. The van der Waals surface area contributed by atoms with Crippen molar-refractivity contribution in [3.05, 3.63) is 29.3 Å². The van der Waals surface area contributed by atoms with Crippen LogP contribution >= 0.6 is 0 Å². The van der Waals surface area contributed by atoms with Gasteiger partial charge in [-0.3, -0.25) is 4.79 Å². The Labute approximate surface area is 82.0 Å². The van der Waals surface area contributed by atoms with E-state index in [0.717, 1.165) is 18.4 Å². The Hall–Kier alpha value is -1.35. The fourth-order valence-corrected chi connectivity index (χ4v) is 1.53. The van der Waals surface area contributed by atoms with Crippen LogP contribution in [0.25, 0.3) is 0 Å². The number of aliphatic hydroxyl groups is 1. The van der Waals surface area contributed by atoms with Crippen LogP contribution in [-0.2, 0) is 6.42 Å². The second-order valence-corrected chi connectivity index (χ2v) is 3.90. The van der Waals surface area contributed by atoms with Crippen molar-refractivity contribution in [2.75, 3.05) is 0 Å². The molecule has 0 saturated heterocycles. The Kier molecular flexibility index (Phi) is 2.04. The molecule has 3 nitrogen and oxygen atoms in total. The van der Waals surface area contributed by atoms with Crippen molar-refractivity contribution in [1.82, 2.24) is 0 Å². The maximum atomic E-state index is 10.7. The Bertz CT molecular complexity index is 367. The summed E-state index contributed by atoms with van der Waals surface area (Å²) in [6.07, 6.45) is 2.81. The number of carbonyl (C=O) groups excluding carboxylic acids is 1. The number of aldehydes is 1. The standard InChI is InChI=1S/C11H12O3/c12-7-9-5-10(13)2-1-8(9)6-11(14)3-4-11/h1-2,5,7,13-14H,3-4,6H2. The van der Waals surface area contributed by atoms with E-state index >= 15 is 0 Å². The first-order chi connectivity index (χ1) is 6.63. The maximum absolute atomic E-state index is 10.7. The molecule has 2 rings (SSSR count). The molecule has 0 unspecified atom stereocenters. The molecule has 0 amide bonds. The monoisotopic (exact) mass is 192 g/mol. The van der Waals surface area contributed by atoms with E-state index in [1.165, 1.54) is 12.1 Å². The molecule has 0 aliphatic heterocycles. The van der Waals surface area contributed by atoms with Crippen LogP contribution in [0, 0.1) is 0 Å². The summed E-state index contributed by atoms with van der Waals surface area (Å²) in [7, 11) is 0. The summed E-state index contributed by atoms with van der Waals surface area (Å²) in [4.78, 5) is 10.7. The molecule has 1 saturated carbocycles. The molecule has 1 aromatic carbocycles. The molecule has 1 aliphatic carbocycles. The second-order valence-electron chi connectivity index (χ2n) is 3.90. The van der Waals surface area contributed by atoms with Gasteiger partial charge in [0.05, 0.1) is 5.60 Å². The highest BCUT2D eigenvalue weighted by Crippen LogP contribution is 2.38. The van der Waals surface area contributed by atoms with Crippen molar-refractivity contribution in [3.8, 4) is 5.75 Å². The van der Waals surface area contributed by atoms with Crippen LogP contribution in [0.3, 0.4) is 0 Å². The van der Waals surface area contributed by atoms with E-state index < -0.39 is 5.60 Å². The molecular formula is C11H12O3. The first-order valence-corrected chi connectivity index (χ1v) is 4.62. The van der Waals surface area contributed by atoms with E-state index in [9.17, 15) is 9.90 Å². The minimum Gasteiger partial charge on any atom is -0.508 e. The third-order valence-electron chi connectivity index (χ3n) is 2.60. The molecule has 74 valence electrons. The van der Waals surface area contributed by atoms with Gasteiger partial charge in [-0.2, -0.15) is 0 Å². The van der Waals surface area contributed by atoms with Crippen molar-refractivity contribution >= 4 is 6.29 Å². The predicted molar refractivity (Wildman–Crippen MR) is 51.4 cm³/mol. The molecule has 2 N–H and O–H groups in total. The van der Waals surface area contributed by atoms with Gasteiger partial charge in [-0.15, -0.1) is 0 Å². The van der Waals surface area contributed by atoms with E-state index in [-0.39, 0.29) is 5.75 Å². The van der Waals surface area contributed by atoms with Crippen LogP contribution in [0.4, 0.5) is 0 Å². The molecule has 0 aromatic heterocycles. The zero-order valence-corrected chi connectivity index (χ0v) is 7.73. The topological polar surface area (TPSA) is 57.5 Å². The van der Waals surface area contributed by atoms with Crippen LogP contribution in [0.5, 0.6) is 5.75 Å². The molecule has 14 heavy (non-hydrogen) atoms. The zero-order valence-electron chi connectivity index (χ0n) is 7.73.